The first-order valence-corrected chi connectivity index (χ1v) is 6.37. The van der Waals surface area contributed by atoms with Crippen molar-refractivity contribution < 1.29 is 14.3 Å². The van der Waals surface area contributed by atoms with Crippen LogP contribution in [0, 0.1) is 0 Å². The summed E-state index contributed by atoms with van der Waals surface area (Å²) in [5.41, 5.74) is 6.65. The topological polar surface area (TPSA) is 73.6 Å². The number of hydrogen-bond donors (Lipinski definition) is 2. The lowest BCUT2D eigenvalue weighted by Crippen LogP contribution is -2.42. The summed E-state index contributed by atoms with van der Waals surface area (Å²) in [7, 11) is 3.23. The Bertz CT molecular complexity index is 464. The third kappa shape index (κ3) is 2.98. The smallest absolute Gasteiger partial charge is 0.227 e. The summed E-state index contributed by atoms with van der Waals surface area (Å²) in [4.78, 5) is 12.0. The minimum Gasteiger partial charge on any atom is -0.497 e. The van der Waals surface area contributed by atoms with Crippen molar-refractivity contribution in [3.8, 4) is 5.75 Å². The van der Waals surface area contributed by atoms with Gasteiger partial charge in [0.1, 0.15) is 5.75 Å². The van der Waals surface area contributed by atoms with Gasteiger partial charge < -0.3 is 20.5 Å². The van der Waals surface area contributed by atoms with Crippen LogP contribution in [0.4, 0.5) is 11.4 Å². The van der Waals surface area contributed by atoms with Gasteiger partial charge in [0, 0.05) is 13.2 Å². The van der Waals surface area contributed by atoms with Crippen LogP contribution in [0.25, 0.3) is 0 Å². The molecule has 19 heavy (non-hydrogen) atoms. The van der Waals surface area contributed by atoms with Crippen molar-refractivity contribution in [1.82, 2.24) is 0 Å². The maximum Gasteiger partial charge on any atom is 0.227 e. The number of amides is 1. The van der Waals surface area contributed by atoms with E-state index in [4.69, 9.17) is 15.2 Å². The second-order valence-electron chi connectivity index (χ2n) is 4.92. The van der Waals surface area contributed by atoms with Crippen LogP contribution >= 0.6 is 0 Å². The van der Waals surface area contributed by atoms with Gasteiger partial charge in [0.2, 0.25) is 5.91 Å². The molecule has 1 aromatic rings. The number of methoxy groups -OCH3 is 2. The number of nitrogens with two attached hydrogens (primary N) is 1. The molecule has 1 aliphatic rings. The number of nitrogens with one attached hydrogen (secondary N) is 1. The second kappa shape index (κ2) is 5.48. The van der Waals surface area contributed by atoms with E-state index in [-0.39, 0.29) is 11.5 Å². The molecule has 0 bridgehead atoms. The van der Waals surface area contributed by atoms with Gasteiger partial charge in [-0.2, -0.15) is 0 Å². The average molecular weight is 264 g/mol. The molecule has 1 aliphatic carbocycles. The number of hydrogen-bond acceptors (Lipinski definition) is 4. The van der Waals surface area contributed by atoms with Gasteiger partial charge in [-0.15, -0.1) is 0 Å². The number of rotatable bonds is 5. The molecule has 0 radical (unpaired) electrons. The van der Waals surface area contributed by atoms with Gasteiger partial charge >= 0.3 is 0 Å². The number of nitrogen functional groups attached to an aromatic ring is 1. The van der Waals surface area contributed by atoms with Crippen molar-refractivity contribution in [2.75, 3.05) is 25.3 Å². The molecule has 5 nitrogen and oxygen atoms in total. The van der Waals surface area contributed by atoms with E-state index in [1.807, 2.05) is 0 Å². The van der Waals surface area contributed by atoms with Crippen molar-refractivity contribution >= 4 is 17.3 Å². The molecular formula is C14H20N2O3. The van der Waals surface area contributed by atoms with Crippen LogP contribution in [0.5, 0.6) is 5.75 Å². The Hall–Kier alpha value is -1.75. The molecule has 1 aromatic carbocycles. The highest BCUT2D eigenvalue weighted by molar-refractivity contribution is 5.94. The molecule has 1 amide bonds. The van der Waals surface area contributed by atoms with Crippen molar-refractivity contribution in [2.24, 2.45) is 0 Å². The molecule has 0 aliphatic heterocycles. The van der Waals surface area contributed by atoms with Gasteiger partial charge in [0.15, 0.2) is 0 Å². The van der Waals surface area contributed by atoms with Gasteiger partial charge in [0.05, 0.1) is 30.5 Å². The molecule has 104 valence electrons. The maximum absolute atomic E-state index is 12.0. The minimum absolute atomic E-state index is 0.0819. The number of carbonyl (C=O) groups is 1. The predicted molar refractivity (Wildman–Crippen MR) is 74.2 cm³/mol. The zero-order valence-electron chi connectivity index (χ0n) is 11.4. The van der Waals surface area contributed by atoms with E-state index >= 15 is 0 Å². The highest BCUT2D eigenvalue weighted by Gasteiger charge is 2.39. The Morgan fingerprint density at radius 2 is 2.16 bits per heavy atom. The van der Waals surface area contributed by atoms with E-state index in [0.717, 1.165) is 19.3 Å². The molecule has 0 unspecified atom stereocenters. The lowest BCUT2D eigenvalue weighted by atomic mass is 9.77. The molecule has 1 saturated carbocycles. The average Bonchev–Trinajstić information content (AvgIpc) is 2.36. The highest BCUT2D eigenvalue weighted by atomic mass is 16.5. The molecule has 0 aromatic heterocycles. The summed E-state index contributed by atoms with van der Waals surface area (Å²) < 4.78 is 10.6. The van der Waals surface area contributed by atoms with Gasteiger partial charge in [-0.25, -0.2) is 0 Å². The molecular weight excluding hydrogens is 244 g/mol. The summed E-state index contributed by atoms with van der Waals surface area (Å²) in [5, 5.41) is 2.82. The Morgan fingerprint density at radius 3 is 2.68 bits per heavy atom. The summed E-state index contributed by atoms with van der Waals surface area (Å²) in [6.07, 6.45) is 3.34. The van der Waals surface area contributed by atoms with Crippen molar-refractivity contribution in [3.63, 3.8) is 0 Å². The van der Waals surface area contributed by atoms with E-state index in [9.17, 15) is 4.79 Å². The first kappa shape index (κ1) is 13.7. The summed E-state index contributed by atoms with van der Waals surface area (Å²) in [6.45, 7) is 0. The lowest BCUT2D eigenvalue weighted by molar-refractivity contribution is -0.129. The summed E-state index contributed by atoms with van der Waals surface area (Å²) in [6, 6.07) is 5.19. The first-order chi connectivity index (χ1) is 9.08. The van der Waals surface area contributed by atoms with Crippen LogP contribution in [0.15, 0.2) is 18.2 Å². The Kier molecular flexibility index (Phi) is 3.95. The zero-order chi connectivity index (χ0) is 13.9. The molecule has 5 heteroatoms. The van der Waals surface area contributed by atoms with Gasteiger partial charge in [-0.3, -0.25) is 4.79 Å². The van der Waals surface area contributed by atoms with Crippen LogP contribution < -0.4 is 15.8 Å². The largest absolute Gasteiger partial charge is 0.497 e. The zero-order valence-corrected chi connectivity index (χ0v) is 11.4. The van der Waals surface area contributed by atoms with E-state index in [0.29, 0.717) is 23.5 Å². The van der Waals surface area contributed by atoms with Crippen molar-refractivity contribution in [2.45, 2.75) is 31.3 Å². The fraction of sp³-hybridized carbons (Fsp3) is 0.500. The van der Waals surface area contributed by atoms with Crippen LogP contribution in [0.1, 0.15) is 25.7 Å². The Morgan fingerprint density at radius 1 is 1.42 bits per heavy atom. The molecule has 0 saturated heterocycles. The van der Waals surface area contributed by atoms with E-state index in [1.165, 1.54) is 0 Å². The molecule has 2 rings (SSSR count). The normalized spacial score (nSPS) is 16.5. The molecule has 1 fully saturated rings. The van der Waals surface area contributed by atoms with Crippen molar-refractivity contribution in [1.29, 1.82) is 0 Å². The van der Waals surface area contributed by atoms with Crippen LogP contribution in [0.3, 0.4) is 0 Å². The van der Waals surface area contributed by atoms with Gasteiger partial charge in [0.25, 0.3) is 0 Å². The lowest BCUT2D eigenvalue weighted by Gasteiger charge is -2.39. The number of benzene rings is 1. The molecule has 0 spiro atoms. The van der Waals surface area contributed by atoms with E-state index in [1.54, 1.807) is 32.4 Å². The third-order valence-electron chi connectivity index (χ3n) is 3.72. The third-order valence-corrected chi connectivity index (χ3v) is 3.72. The summed E-state index contributed by atoms with van der Waals surface area (Å²) >= 11 is 0. The number of carbonyl (C=O) groups excluding carboxylic acids is 1. The Balaban J connectivity index is 2.02. The van der Waals surface area contributed by atoms with Crippen LogP contribution in [-0.4, -0.2) is 25.7 Å². The van der Waals surface area contributed by atoms with Gasteiger partial charge in [-0.05, 0) is 31.4 Å². The molecule has 0 heterocycles. The maximum atomic E-state index is 12.0. The minimum atomic E-state index is -0.280. The van der Waals surface area contributed by atoms with Crippen LogP contribution in [0.2, 0.25) is 0 Å². The quantitative estimate of drug-likeness (QED) is 0.799. The standard InChI is InChI=1S/C14H20N2O3/c1-18-10-4-5-11(15)12(8-10)16-13(17)9-14(19-2)6-3-7-14/h4-5,8H,3,6-7,9,15H2,1-2H3,(H,16,17). The first-order valence-electron chi connectivity index (χ1n) is 6.37. The Labute approximate surface area is 113 Å². The summed E-state index contributed by atoms with van der Waals surface area (Å²) in [5.74, 6) is 0.580. The van der Waals surface area contributed by atoms with Crippen LogP contribution in [-0.2, 0) is 9.53 Å². The van der Waals surface area contributed by atoms with Gasteiger partial charge in [-0.1, -0.05) is 0 Å². The fourth-order valence-corrected chi connectivity index (χ4v) is 2.28. The fourth-order valence-electron chi connectivity index (χ4n) is 2.28. The van der Waals surface area contributed by atoms with E-state index < -0.39 is 0 Å². The predicted octanol–water partition coefficient (Wildman–Crippen LogP) is 2.18. The SMILES string of the molecule is COc1ccc(N)c(NC(=O)CC2(OC)CCC2)c1. The second-order valence-corrected chi connectivity index (χ2v) is 4.92. The highest BCUT2D eigenvalue weighted by Crippen LogP contribution is 2.38. The molecule has 3 N–H and O–H groups in total. The van der Waals surface area contributed by atoms with Crippen molar-refractivity contribution in [3.05, 3.63) is 18.2 Å². The molecule has 0 atom stereocenters. The van der Waals surface area contributed by atoms with E-state index in [2.05, 4.69) is 5.32 Å². The number of ether oxygens (including phenoxy) is 2. The monoisotopic (exact) mass is 264 g/mol. The number of anilines is 2.